The SMILES string of the molecule is CC1C2N(c3ccccc3)c3nccnc3N2c2cc(Br)ccc2C1(C)C. The molecular weight excluding hydrogens is 400 g/mol. The summed E-state index contributed by atoms with van der Waals surface area (Å²) in [5, 5.41) is 0. The molecule has 2 atom stereocenters. The lowest BCUT2D eigenvalue weighted by Crippen LogP contribution is -2.53. The first-order chi connectivity index (χ1) is 13.0. The maximum Gasteiger partial charge on any atom is 0.178 e. The van der Waals surface area contributed by atoms with Crippen LogP contribution in [0.5, 0.6) is 0 Å². The van der Waals surface area contributed by atoms with Crippen molar-refractivity contribution in [1.82, 2.24) is 9.97 Å². The van der Waals surface area contributed by atoms with Crippen LogP contribution in [0.15, 0.2) is 65.4 Å². The third kappa shape index (κ3) is 2.27. The van der Waals surface area contributed by atoms with E-state index in [0.717, 1.165) is 21.8 Å². The van der Waals surface area contributed by atoms with Gasteiger partial charge in [0, 0.05) is 34.2 Å². The third-order valence-corrected chi connectivity index (χ3v) is 6.67. The van der Waals surface area contributed by atoms with E-state index in [1.165, 1.54) is 11.3 Å². The summed E-state index contributed by atoms with van der Waals surface area (Å²) in [6.07, 6.45) is 3.69. The zero-order valence-electron chi connectivity index (χ0n) is 15.6. The monoisotopic (exact) mass is 420 g/mol. The molecule has 1 aromatic heterocycles. The molecule has 3 heterocycles. The molecule has 0 radical (unpaired) electrons. The molecule has 136 valence electrons. The molecule has 0 bridgehead atoms. The topological polar surface area (TPSA) is 32.3 Å². The maximum absolute atomic E-state index is 4.74. The van der Waals surface area contributed by atoms with Crippen molar-refractivity contribution in [3.05, 3.63) is 71.0 Å². The first kappa shape index (κ1) is 16.8. The average Bonchev–Trinajstić information content (AvgIpc) is 3.02. The van der Waals surface area contributed by atoms with Crippen LogP contribution in [0, 0.1) is 5.92 Å². The number of hydrogen-bond donors (Lipinski definition) is 0. The summed E-state index contributed by atoms with van der Waals surface area (Å²) in [7, 11) is 0. The Morgan fingerprint density at radius 1 is 0.926 bits per heavy atom. The van der Waals surface area contributed by atoms with Gasteiger partial charge in [-0.3, -0.25) is 0 Å². The second-order valence-electron chi connectivity index (χ2n) is 7.86. The van der Waals surface area contributed by atoms with Gasteiger partial charge in [-0.1, -0.05) is 61.0 Å². The summed E-state index contributed by atoms with van der Waals surface area (Å²) in [5.74, 6) is 2.21. The lowest BCUT2D eigenvalue weighted by Gasteiger charge is -2.49. The molecule has 0 amide bonds. The quantitative estimate of drug-likeness (QED) is 0.499. The van der Waals surface area contributed by atoms with Crippen molar-refractivity contribution in [3.63, 3.8) is 0 Å². The van der Waals surface area contributed by atoms with E-state index < -0.39 is 0 Å². The van der Waals surface area contributed by atoms with E-state index in [0.29, 0.717) is 5.92 Å². The highest BCUT2D eigenvalue weighted by atomic mass is 79.9. The Hall–Kier alpha value is -2.40. The highest BCUT2D eigenvalue weighted by molar-refractivity contribution is 9.10. The number of para-hydroxylation sites is 1. The van der Waals surface area contributed by atoms with Crippen molar-refractivity contribution in [2.75, 3.05) is 9.80 Å². The fraction of sp³-hybridized carbons (Fsp3) is 0.273. The van der Waals surface area contributed by atoms with E-state index in [1.807, 2.05) is 0 Å². The Balaban J connectivity index is 1.81. The zero-order valence-corrected chi connectivity index (χ0v) is 17.2. The van der Waals surface area contributed by atoms with Crippen LogP contribution < -0.4 is 9.80 Å². The van der Waals surface area contributed by atoms with Crippen molar-refractivity contribution in [2.45, 2.75) is 32.4 Å². The largest absolute Gasteiger partial charge is 0.302 e. The first-order valence-electron chi connectivity index (χ1n) is 9.24. The molecule has 0 saturated heterocycles. The highest BCUT2D eigenvalue weighted by Crippen LogP contribution is 2.56. The highest BCUT2D eigenvalue weighted by Gasteiger charge is 2.52. The van der Waals surface area contributed by atoms with Crippen LogP contribution in [0.3, 0.4) is 0 Å². The van der Waals surface area contributed by atoms with Crippen molar-refractivity contribution >= 4 is 38.9 Å². The number of halogens is 1. The Bertz CT molecular complexity index is 1020. The molecule has 3 aromatic rings. The standard InChI is InChI=1S/C22H21BrN4/c1-14-21-26(16-7-5-4-6-8-16)19-20(25-12-11-24-19)27(21)18-13-15(23)9-10-17(18)22(14,2)3/h4-14,21H,1-3H3. The fourth-order valence-electron chi connectivity index (χ4n) is 4.46. The van der Waals surface area contributed by atoms with E-state index in [9.17, 15) is 0 Å². The number of anilines is 4. The smallest absolute Gasteiger partial charge is 0.178 e. The van der Waals surface area contributed by atoms with Crippen LogP contribution in [-0.2, 0) is 5.41 Å². The molecule has 2 unspecified atom stereocenters. The van der Waals surface area contributed by atoms with Crippen LogP contribution in [0.25, 0.3) is 0 Å². The summed E-state index contributed by atoms with van der Waals surface area (Å²) in [6, 6.07) is 17.1. The molecule has 2 aliphatic heterocycles. The Kier molecular flexibility index (Phi) is 3.60. The summed E-state index contributed by atoms with van der Waals surface area (Å²) < 4.78 is 1.08. The van der Waals surface area contributed by atoms with Crippen LogP contribution in [0.4, 0.5) is 23.0 Å². The minimum atomic E-state index is 0.0201. The third-order valence-electron chi connectivity index (χ3n) is 6.18. The van der Waals surface area contributed by atoms with E-state index in [4.69, 9.17) is 9.97 Å². The first-order valence-corrected chi connectivity index (χ1v) is 10.0. The van der Waals surface area contributed by atoms with Gasteiger partial charge in [0.15, 0.2) is 11.6 Å². The summed E-state index contributed by atoms with van der Waals surface area (Å²) in [5.41, 5.74) is 3.72. The average molecular weight is 421 g/mol. The normalized spacial score (nSPS) is 22.2. The molecule has 2 aromatic carbocycles. The summed E-state index contributed by atoms with van der Waals surface area (Å²) in [6.45, 7) is 7.02. The molecule has 0 spiro atoms. The van der Waals surface area contributed by atoms with Gasteiger partial charge < -0.3 is 9.80 Å². The predicted molar refractivity (Wildman–Crippen MR) is 113 cm³/mol. The summed E-state index contributed by atoms with van der Waals surface area (Å²) in [4.78, 5) is 14.2. The molecule has 2 aliphatic rings. The molecule has 4 nitrogen and oxygen atoms in total. The Labute approximate surface area is 168 Å². The molecule has 0 fully saturated rings. The second kappa shape index (κ2) is 5.80. The minimum Gasteiger partial charge on any atom is -0.302 e. The van der Waals surface area contributed by atoms with Gasteiger partial charge in [-0.2, -0.15) is 0 Å². The maximum atomic E-state index is 4.74. The van der Waals surface area contributed by atoms with Crippen LogP contribution in [0.1, 0.15) is 26.3 Å². The number of aromatic nitrogens is 2. The molecule has 0 aliphatic carbocycles. The van der Waals surface area contributed by atoms with Gasteiger partial charge in [0.25, 0.3) is 0 Å². The Morgan fingerprint density at radius 2 is 1.59 bits per heavy atom. The number of benzene rings is 2. The van der Waals surface area contributed by atoms with E-state index in [1.54, 1.807) is 12.4 Å². The van der Waals surface area contributed by atoms with Gasteiger partial charge in [0.05, 0.1) is 0 Å². The van der Waals surface area contributed by atoms with Gasteiger partial charge in [-0.25, -0.2) is 9.97 Å². The van der Waals surface area contributed by atoms with E-state index in [2.05, 4.69) is 95.0 Å². The number of hydrogen-bond acceptors (Lipinski definition) is 4. The van der Waals surface area contributed by atoms with Gasteiger partial charge in [0.2, 0.25) is 0 Å². The molecule has 5 rings (SSSR count). The van der Waals surface area contributed by atoms with E-state index in [-0.39, 0.29) is 11.6 Å². The lowest BCUT2D eigenvalue weighted by molar-refractivity contribution is 0.279. The van der Waals surface area contributed by atoms with Crippen LogP contribution in [0.2, 0.25) is 0 Å². The lowest BCUT2D eigenvalue weighted by atomic mass is 9.69. The van der Waals surface area contributed by atoms with Gasteiger partial charge in [-0.05, 0) is 35.2 Å². The van der Waals surface area contributed by atoms with Gasteiger partial charge >= 0.3 is 0 Å². The van der Waals surface area contributed by atoms with Crippen molar-refractivity contribution in [3.8, 4) is 0 Å². The van der Waals surface area contributed by atoms with Crippen molar-refractivity contribution in [1.29, 1.82) is 0 Å². The molecule has 5 heteroatoms. The number of fused-ring (bicyclic) bond motifs is 5. The Morgan fingerprint density at radius 3 is 2.30 bits per heavy atom. The van der Waals surface area contributed by atoms with Crippen molar-refractivity contribution < 1.29 is 0 Å². The van der Waals surface area contributed by atoms with Crippen molar-refractivity contribution in [2.24, 2.45) is 5.92 Å². The zero-order chi connectivity index (χ0) is 18.8. The van der Waals surface area contributed by atoms with E-state index >= 15 is 0 Å². The van der Waals surface area contributed by atoms with Gasteiger partial charge in [-0.15, -0.1) is 0 Å². The van der Waals surface area contributed by atoms with Crippen LogP contribution in [-0.4, -0.2) is 16.1 Å². The fourth-order valence-corrected chi connectivity index (χ4v) is 4.81. The summed E-state index contributed by atoms with van der Waals surface area (Å²) >= 11 is 3.66. The predicted octanol–water partition coefficient (Wildman–Crippen LogP) is 5.78. The molecule has 27 heavy (non-hydrogen) atoms. The number of nitrogens with zero attached hydrogens (tertiary/aromatic N) is 4. The minimum absolute atomic E-state index is 0.0201. The number of rotatable bonds is 1. The molecule has 0 N–H and O–H groups in total. The van der Waals surface area contributed by atoms with Gasteiger partial charge in [0.1, 0.15) is 6.17 Å². The molecule has 0 saturated carbocycles. The second-order valence-corrected chi connectivity index (χ2v) is 8.78. The molecular formula is C22H21BrN4. The van der Waals surface area contributed by atoms with Crippen LogP contribution >= 0.6 is 15.9 Å².